The lowest BCUT2D eigenvalue weighted by molar-refractivity contribution is 0.866. The van der Waals surface area contributed by atoms with Crippen LogP contribution in [0.4, 0.5) is 0 Å². The van der Waals surface area contributed by atoms with E-state index in [9.17, 15) is 0 Å². The normalized spacial score (nSPS) is 11.4. The Morgan fingerprint density at radius 1 is 1.62 bits per heavy atom. The molecule has 0 aliphatic heterocycles. The molecule has 0 radical (unpaired) electrons. The Bertz CT molecular complexity index is 130. The van der Waals surface area contributed by atoms with E-state index in [1.165, 1.54) is 0 Å². The third kappa shape index (κ3) is 3.52. The molecule has 0 fully saturated rings. The summed E-state index contributed by atoms with van der Waals surface area (Å²) in [6, 6.07) is 2.03. The van der Waals surface area contributed by atoms with Gasteiger partial charge in [-0.25, -0.2) is 0 Å². The monoisotopic (exact) mass is 126 g/mol. The van der Waals surface area contributed by atoms with Gasteiger partial charge in [-0.15, -0.1) is 0 Å². The van der Waals surface area contributed by atoms with Crippen LogP contribution in [0.3, 0.4) is 0 Å². The molecular formula is C5H6N2S. The van der Waals surface area contributed by atoms with Crippen molar-refractivity contribution < 1.29 is 0 Å². The molecule has 0 saturated heterocycles. The van der Waals surface area contributed by atoms with Crippen molar-refractivity contribution in [2.45, 2.75) is 6.92 Å². The van der Waals surface area contributed by atoms with E-state index in [-0.39, 0.29) is 5.92 Å². The van der Waals surface area contributed by atoms with Gasteiger partial charge in [0.1, 0.15) is 5.40 Å². The van der Waals surface area contributed by atoms with Crippen molar-refractivity contribution in [2.75, 3.05) is 5.75 Å². The molecule has 0 aliphatic rings. The zero-order valence-electron chi connectivity index (χ0n) is 4.59. The zero-order valence-corrected chi connectivity index (χ0v) is 5.40. The molecule has 0 bridgehead atoms. The third-order valence-electron chi connectivity index (χ3n) is 0.618. The summed E-state index contributed by atoms with van der Waals surface area (Å²) in [5, 5.41) is 18.1. The highest BCUT2D eigenvalue weighted by Crippen LogP contribution is 2.03. The van der Waals surface area contributed by atoms with Gasteiger partial charge in [0.2, 0.25) is 0 Å². The molecule has 0 aromatic rings. The summed E-state index contributed by atoms with van der Waals surface area (Å²) in [6.45, 7) is 1.80. The molecule has 0 aromatic heterocycles. The Morgan fingerprint density at radius 3 is 2.62 bits per heavy atom. The molecule has 0 heterocycles. The van der Waals surface area contributed by atoms with E-state index in [0.717, 1.165) is 11.8 Å². The predicted molar refractivity (Wildman–Crippen MR) is 32.8 cm³/mol. The van der Waals surface area contributed by atoms with Crippen molar-refractivity contribution in [3.63, 3.8) is 0 Å². The topological polar surface area (TPSA) is 47.6 Å². The third-order valence-corrected chi connectivity index (χ3v) is 1.41. The largest absolute Gasteiger partial charge is 0.198 e. The van der Waals surface area contributed by atoms with Crippen molar-refractivity contribution in [1.29, 1.82) is 10.5 Å². The van der Waals surface area contributed by atoms with Crippen molar-refractivity contribution in [3.05, 3.63) is 0 Å². The Morgan fingerprint density at radius 2 is 2.25 bits per heavy atom. The van der Waals surface area contributed by atoms with Gasteiger partial charge in [0.05, 0.1) is 12.0 Å². The fourth-order valence-corrected chi connectivity index (χ4v) is 0.599. The average molecular weight is 126 g/mol. The van der Waals surface area contributed by atoms with E-state index in [2.05, 4.69) is 0 Å². The Hall–Kier alpha value is -0.670. The number of hydrogen-bond donors (Lipinski definition) is 0. The Labute approximate surface area is 53.1 Å². The van der Waals surface area contributed by atoms with Crippen LogP contribution < -0.4 is 0 Å². The first-order chi connectivity index (χ1) is 3.81. The van der Waals surface area contributed by atoms with Crippen LogP contribution in [0.5, 0.6) is 0 Å². The highest BCUT2D eigenvalue weighted by atomic mass is 32.2. The summed E-state index contributed by atoms with van der Waals surface area (Å²) in [4.78, 5) is 0. The van der Waals surface area contributed by atoms with Crippen LogP contribution in [0, 0.1) is 27.9 Å². The summed E-state index contributed by atoms with van der Waals surface area (Å²) in [6.07, 6.45) is 0. The quantitative estimate of drug-likeness (QED) is 0.525. The van der Waals surface area contributed by atoms with Gasteiger partial charge in [-0.05, 0) is 18.7 Å². The number of thiocyanates is 1. The molecule has 2 nitrogen and oxygen atoms in total. The average Bonchev–Trinajstić information content (AvgIpc) is 1.83. The second-order valence-electron chi connectivity index (χ2n) is 1.43. The first kappa shape index (κ1) is 7.33. The molecule has 0 N–H and O–H groups in total. The number of rotatable bonds is 2. The van der Waals surface area contributed by atoms with E-state index < -0.39 is 0 Å². The second kappa shape index (κ2) is 4.49. The standard InChI is InChI=1S/C5H6N2S/c1-5(2-6)3-8-4-7/h5H,3H2,1H3. The van der Waals surface area contributed by atoms with E-state index in [1.807, 2.05) is 11.5 Å². The minimum Gasteiger partial charge on any atom is -0.198 e. The van der Waals surface area contributed by atoms with Crippen LogP contribution in [-0.4, -0.2) is 5.75 Å². The van der Waals surface area contributed by atoms with Crippen LogP contribution in [0.2, 0.25) is 0 Å². The minimum atomic E-state index is -0.000324. The molecule has 8 heavy (non-hydrogen) atoms. The SMILES string of the molecule is CC(C#N)CSC#N. The Balaban J connectivity index is 3.18. The van der Waals surface area contributed by atoms with E-state index >= 15 is 0 Å². The van der Waals surface area contributed by atoms with Crippen LogP contribution in [0.15, 0.2) is 0 Å². The fraction of sp³-hybridized carbons (Fsp3) is 0.600. The van der Waals surface area contributed by atoms with Gasteiger partial charge < -0.3 is 0 Å². The molecule has 0 amide bonds. The molecule has 0 aliphatic carbocycles. The maximum Gasteiger partial charge on any atom is 0.133 e. The molecule has 0 rings (SSSR count). The lowest BCUT2D eigenvalue weighted by Gasteiger charge is -1.90. The van der Waals surface area contributed by atoms with Crippen molar-refractivity contribution in [3.8, 4) is 11.5 Å². The van der Waals surface area contributed by atoms with Gasteiger partial charge in [0, 0.05) is 5.75 Å². The first-order valence-electron chi connectivity index (χ1n) is 2.21. The van der Waals surface area contributed by atoms with Gasteiger partial charge in [-0.2, -0.15) is 10.5 Å². The highest BCUT2D eigenvalue weighted by Gasteiger charge is 1.96. The lowest BCUT2D eigenvalue weighted by atomic mass is 10.3. The number of hydrogen-bond acceptors (Lipinski definition) is 3. The number of nitrogens with zero attached hydrogens (tertiary/aromatic N) is 2. The maximum absolute atomic E-state index is 8.19. The van der Waals surface area contributed by atoms with E-state index in [0.29, 0.717) is 5.75 Å². The summed E-state index contributed by atoms with van der Waals surface area (Å²) in [5.74, 6) is 0.618. The van der Waals surface area contributed by atoms with Gasteiger partial charge >= 0.3 is 0 Å². The fourth-order valence-electron chi connectivity index (χ4n) is 0.200. The smallest absolute Gasteiger partial charge is 0.133 e. The van der Waals surface area contributed by atoms with Crippen LogP contribution in [0.25, 0.3) is 0 Å². The number of nitriles is 2. The van der Waals surface area contributed by atoms with Crippen molar-refractivity contribution in [2.24, 2.45) is 5.92 Å². The van der Waals surface area contributed by atoms with Gasteiger partial charge in [0.25, 0.3) is 0 Å². The second-order valence-corrected chi connectivity index (χ2v) is 2.24. The van der Waals surface area contributed by atoms with Gasteiger partial charge in [-0.3, -0.25) is 0 Å². The molecule has 1 unspecified atom stereocenters. The summed E-state index contributed by atoms with van der Waals surface area (Å²) in [5.41, 5.74) is 0. The number of thioether (sulfide) groups is 1. The van der Waals surface area contributed by atoms with Crippen LogP contribution in [-0.2, 0) is 0 Å². The molecule has 0 saturated carbocycles. The van der Waals surface area contributed by atoms with Crippen molar-refractivity contribution >= 4 is 11.8 Å². The van der Waals surface area contributed by atoms with E-state index in [1.54, 1.807) is 6.92 Å². The van der Waals surface area contributed by atoms with Crippen LogP contribution >= 0.6 is 11.8 Å². The van der Waals surface area contributed by atoms with Crippen molar-refractivity contribution in [1.82, 2.24) is 0 Å². The maximum atomic E-state index is 8.19. The highest BCUT2D eigenvalue weighted by molar-refractivity contribution is 8.03. The Kier molecular flexibility index (Phi) is 4.11. The lowest BCUT2D eigenvalue weighted by Crippen LogP contribution is -1.90. The molecule has 0 aromatic carbocycles. The first-order valence-corrected chi connectivity index (χ1v) is 3.20. The molecule has 1 atom stereocenters. The minimum absolute atomic E-state index is 0.000324. The van der Waals surface area contributed by atoms with E-state index in [4.69, 9.17) is 10.5 Å². The van der Waals surface area contributed by atoms with Gasteiger partial charge in [-0.1, -0.05) is 0 Å². The summed E-state index contributed by atoms with van der Waals surface area (Å²) in [7, 11) is 0. The van der Waals surface area contributed by atoms with Gasteiger partial charge in [0.15, 0.2) is 0 Å². The van der Waals surface area contributed by atoms with Crippen LogP contribution in [0.1, 0.15) is 6.92 Å². The zero-order chi connectivity index (χ0) is 6.41. The molecule has 3 heteroatoms. The molecular weight excluding hydrogens is 120 g/mol. The molecule has 42 valence electrons. The summed E-state index contributed by atoms with van der Waals surface area (Å²) < 4.78 is 0. The predicted octanol–water partition coefficient (Wildman–Crippen LogP) is 1.36. The summed E-state index contributed by atoms with van der Waals surface area (Å²) >= 11 is 1.12. The molecule has 0 spiro atoms.